The van der Waals surface area contributed by atoms with Gasteiger partial charge in [-0.3, -0.25) is 9.89 Å². The summed E-state index contributed by atoms with van der Waals surface area (Å²) in [5.41, 5.74) is 1.86. The number of guanidine groups is 1. The van der Waals surface area contributed by atoms with Crippen LogP contribution in [0.25, 0.3) is 0 Å². The van der Waals surface area contributed by atoms with Crippen molar-refractivity contribution in [1.29, 1.82) is 0 Å². The Bertz CT molecular complexity index is 604. The van der Waals surface area contributed by atoms with Gasteiger partial charge in [-0.25, -0.2) is 4.99 Å². The molecule has 0 saturated carbocycles. The van der Waals surface area contributed by atoms with Gasteiger partial charge in [0, 0.05) is 30.4 Å². The van der Waals surface area contributed by atoms with Gasteiger partial charge >= 0.3 is 0 Å². The molecule has 1 fully saturated rings. The van der Waals surface area contributed by atoms with Crippen molar-refractivity contribution in [1.82, 2.24) is 25.3 Å². The molecule has 0 spiro atoms. The number of hydrogen-bond acceptors (Lipinski definition) is 3. The van der Waals surface area contributed by atoms with Crippen molar-refractivity contribution in [2.45, 2.75) is 59.7 Å². The third-order valence-electron chi connectivity index (χ3n) is 4.31. The lowest BCUT2D eigenvalue weighted by Crippen LogP contribution is -2.66. The second kappa shape index (κ2) is 7.23. The Morgan fingerprint density at radius 1 is 1.50 bits per heavy atom. The van der Waals surface area contributed by atoms with E-state index in [4.69, 9.17) is 4.99 Å². The lowest BCUT2D eigenvalue weighted by Gasteiger charge is -2.49. The highest BCUT2D eigenvalue weighted by atomic mass is 16.2. The average molecular weight is 334 g/mol. The maximum absolute atomic E-state index is 12.6. The van der Waals surface area contributed by atoms with Crippen LogP contribution in [0, 0.1) is 6.92 Å². The van der Waals surface area contributed by atoms with E-state index in [1.807, 2.05) is 18.7 Å². The first kappa shape index (κ1) is 18.3. The van der Waals surface area contributed by atoms with Crippen LogP contribution < -0.4 is 5.32 Å². The summed E-state index contributed by atoms with van der Waals surface area (Å²) >= 11 is 0. The predicted molar refractivity (Wildman–Crippen MR) is 95.8 cm³/mol. The van der Waals surface area contributed by atoms with Crippen LogP contribution in [0.3, 0.4) is 0 Å². The number of nitrogens with zero attached hydrogens (tertiary/aromatic N) is 4. The van der Waals surface area contributed by atoms with Crippen LogP contribution in [0.5, 0.6) is 0 Å². The molecule has 7 nitrogen and oxygen atoms in total. The summed E-state index contributed by atoms with van der Waals surface area (Å²) < 4.78 is 0. The van der Waals surface area contributed by atoms with Crippen LogP contribution in [-0.2, 0) is 11.3 Å². The van der Waals surface area contributed by atoms with Gasteiger partial charge in [0.25, 0.3) is 0 Å². The Morgan fingerprint density at radius 2 is 2.21 bits per heavy atom. The second-order valence-corrected chi connectivity index (χ2v) is 7.22. The minimum absolute atomic E-state index is 0.145. The van der Waals surface area contributed by atoms with Crippen molar-refractivity contribution in [2.24, 2.45) is 4.99 Å². The zero-order valence-electron chi connectivity index (χ0n) is 15.7. The Labute approximate surface area is 144 Å². The average Bonchev–Trinajstić information content (AvgIpc) is 2.86. The standard InChI is InChI=1S/C17H30N6O/c1-7-18-16(19-8-14-9-20-21-13(14)4)22-10-15(24)23(12(2)3)17(5,6)11-22/h9,12H,7-8,10-11H2,1-6H3,(H,18,19)(H,20,21). The van der Waals surface area contributed by atoms with Crippen LogP contribution in [0.4, 0.5) is 0 Å². The normalized spacial score (nSPS) is 18.5. The summed E-state index contributed by atoms with van der Waals surface area (Å²) in [6.45, 7) is 14.8. The Kier molecular flexibility index (Phi) is 5.51. The van der Waals surface area contributed by atoms with Gasteiger partial charge in [0.15, 0.2) is 5.96 Å². The van der Waals surface area contributed by atoms with Gasteiger partial charge in [-0.2, -0.15) is 5.10 Å². The summed E-state index contributed by atoms with van der Waals surface area (Å²) in [6, 6.07) is 0.197. The molecule has 0 aromatic carbocycles. The molecule has 1 saturated heterocycles. The molecule has 24 heavy (non-hydrogen) atoms. The smallest absolute Gasteiger partial charge is 0.242 e. The third-order valence-corrected chi connectivity index (χ3v) is 4.31. The summed E-state index contributed by atoms with van der Waals surface area (Å²) in [7, 11) is 0. The number of rotatable bonds is 4. The fourth-order valence-electron chi connectivity index (χ4n) is 3.43. The minimum atomic E-state index is -0.231. The highest BCUT2D eigenvalue weighted by Gasteiger charge is 2.40. The quantitative estimate of drug-likeness (QED) is 0.646. The largest absolute Gasteiger partial charge is 0.356 e. The maximum atomic E-state index is 12.6. The number of carbonyl (C=O) groups excluding carboxylic acids is 1. The number of aromatic nitrogens is 2. The number of amides is 1. The summed E-state index contributed by atoms with van der Waals surface area (Å²) in [5, 5.41) is 10.3. The molecule has 7 heteroatoms. The Hall–Kier alpha value is -2.05. The van der Waals surface area contributed by atoms with Crippen molar-refractivity contribution in [3.8, 4) is 0 Å². The highest BCUT2D eigenvalue weighted by molar-refractivity contribution is 5.88. The second-order valence-electron chi connectivity index (χ2n) is 7.22. The van der Waals surface area contributed by atoms with Crippen LogP contribution >= 0.6 is 0 Å². The van der Waals surface area contributed by atoms with Gasteiger partial charge in [0.1, 0.15) is 0 Å². The molecular weight excluding hydrogens is 304 g/mol. The first-order chi connectivity index (χ1) is 11.3. The van der Waals surface area contributed by atoms with E-state index < -0.39 is 0 Å². The van der Waals surface area contributed by atoms with Gasteiger partial charge in [-0.15, -0.1) is 0 Å². The van der Waals surface area contributed by atoms with E-state index in [1.165, 1.54) is 0 Å². The number of piperazine rings is 1. The molecule has 0 atom stereocenters. The predicted octanol–water partition coefficient (Wildman–Crippen LogP) is 1.51. The zero-order chi connectivity index (χ0) is 17.9. The molecule has 1 aliphatic rings. The molecule has 0 bridgehead atoms. The minimum Gasteiger partial charge on any atom is -0.356 e. The molecule has 2 heterocycles. The highest BCUT2D eigenvalue weighted by Crippen LogP contribution is 2.24. The van der Waals surface area contributed by atoms with Crippen molar-refractivity contribution < 1.29 is 4.79 Å². The summed E-state index contributed by atoms with van der Waals surface area (Å²) in [4.78, 5) is 21.4. The van der Waals surface area contributed by atoms with E-state index in [0.717, 1.165) is 30.3 Å². The topological polar surface area (TPSA) is 76.6 Å². The summed E-state index contributed by atoms with van der Waals surface area (Å²) in [6.07, 6.45) is 1.80. The lowest BCUT2D eigenvalue weighted by molar-refractivity contribution is -0.145. The van der Waals surface area contributed by atoms with Crippen molar-refractivity contribution >= 4 is 11.9 Å². The van der Waals surface area contributed by atoms with Crippen molar-refractivity contribution in [2.75, 3.05) is 19.6 Å². The number of nitrogens with one attached hydrogen (secondary N) is 2. The Balaban J connectivity index is 2.19. The van der Waals surface area contributed by atoms with Crippen molar-refractivity contribution in [3.63, 3.8) is 0 Å². The lowest BCUT2D eigenvalue weighted by atomic mass is 9.96. The van der Waals surface area contributed by atoms with Crippen LogP contribution in [-0.4, -0.2) is 63.1 Å². The SMILES string of the molecule is CCNC(=NCc1cn[nH]c1C)N1CC(=O)N(C(C)C)C(C)(C)C1. The monoisotopic (exact) mass is 334 g/mol. The van der Waals surface area contributed by atoms with Gasteiger partial charge < -0.3 is 15.1 Å². The van der Waals surface area contributed by atoms with Gasteiger partial charge in [-0.1, -0.05) is 0 Å². The van der Waals surface area contributed by atoms with E-state index in [9.17, 15) is 4.79 Å². The zero-order valence-corrected chi connectivity index (χ0v) is 15.7. The third kappa shape index (κ3) is 3.88. The van der Waals surface area contributed by atoms with E-state index in [2.05, 4.69) is 48.1 Å². The number of aryl methyl sites for hydroxylation is 1. The van der Waals surface area contributed by atoms with Crippen LogP contribution in [0.2, 0.25) is 0 Å². The van der Waals surface area contributed by atoms with E-state index >= 15 is 0 Å². The summed E-state index contributed by atoms with van der Waals surface area (Å²) in [5.74, 6) is 0.925. The van der Waals surface area contributed by atoms with Crippen molar-refractivity contribution in [3.05, 3.63) is 17.5 Å². The molecular formula is C17H30N6O. The van der Waals surface area contributed by atoms with E-state index in [1.54, 1.807) is 6.20 Å². The molecule has 2 rings (SSSR count). The molecule has 2 N–H and O–H groups in total. The fraction of sp³-hybridized carbons (Fsp3) is 0.706. The molecule has 1 aromatic heterocycles. The first-order valence-corrected chi connectivity index (χ1v) is 8.60. The van der Waals surface area contributed by atoms with Gasteiger partial charge in [-0.05, 0) is 41.5 Å². The fourth-order valence-corrected chi connectivity index (χ4v) is 3.43. The maximum Gasteiger partial charge on any atom is 0.242 e. The first-order valence-electron chi connectivity index (χ1n) is 8.60. The Morgan fingerprint density at radius 3 is 2.71 bits per heavy atom. The number of aliphatic imine (C=N–C) groups is 1. The van der Waals surface area contributed by atoms with Crippen LogP contribution in [0.15, 0.2) is 11.2 Å². The number of aromatic amines is 1. The molecule has 1 amide bonds. The van der Waals surface area contributed by atoms with E-state index in [-0.39, 0.29) is 17.5 Å². The molecule has 0 radical (unpaired) electrons. The molecule has 1 aromatic rings. The molecule has 0 aliphatic carbocycles. The molecule has 1 aliphatic heterocycles. The molecule has 0 unspecified atom stereocenters. The number of H-pyrrole nitrogens is 1. The van der Waals surface area contributed by atoms with Gasteiger partial charge in [0.05, 0.1) is 24.8 Å². The van der Waals surface area contributed by atoms with Gasteiger partial charge in [0.2, 0.25) is 5.91 Å². The molecule has 134 valence electrons. The van der Waals surface area contributed by atoms with Crippen LogP contribution in [0.1, 0.15) is 45.9 Å². The van der Waals surface area contributed by atoms with E-state index in [0.29, 0.717) is 13.1 Å². The number of hydrogen-bond donors (Lipinski definition) is 2. The number of carbonyl (C=O) groups is 1.